The minimum atomic E-state index is -1.14. The number of nitrogens with zero attached hydrogens (tertiary/aromatic N) is 5. The Hall–Kier alpha value is -4.05. The Kier molecular flexibility index (Phi) is 7.98. The number of methoxy groups -OCH3 is 2. The Labute approximate surface area is 217 Å². The van der Waals surface area contributed by atoms with Crippen LogP contribution in [-0.2, 0) is 6.54 Å². The molecule has 10 heteroatoms. The molecule has 0 aliphatic carbocycles. The van der Waals surface area contributed by atoms with Crippen LogP contribution in [0, 0.1) is 0 Å². The number of amides is 1. The minimum absolute atomic E-state index is 0.0305. The Morgan fingerprint density at radius 1 is 1.08 bits per heavy atom. The first-order valence-corrected chi connectivity index (χ1v) is 12.2. The zero-order valence-electron chi connectivity index (χ0n) is 21.9. The SMILES string of the molecule is COc1ccc(OC)c(CN(C(=O)O)c2ccnc(Nc3ccc(N4C[C@@H](C)N(C)[C@@H](C)C4)cc3)n2)c1. The third kappa shape index (κ3) is 6.03. The molecular weight excluding hydrogens is 472 g/mol. The number of anilines is 4. The molecule has 2 atom stereocenters. The number of likely N-dealkylation sites (N-methyl/N-ethyl adjacent to an activating group) is 1. The normalized spacial score (nSPS) is 17.8. The number of carbonyl (C=O) groups is 1. The molecule has 2 N–H and O–H groups in total. The van der Waals surface area contributed by atoms with Crippen LogP contribution >= 0.6 is 0 Å². The van der Waals surface area contributed by atoms with Gasteiger partial charge in [0.1, 0.15) is 17.3 Å². The van der Waals surface area contributed by atoms with E-state index in [4.69, 9.17) is 9.47 Å². The van der Waals surface area contributed by atoms with E-state index < -0.39 is 6.09 Å². The van der Waals surface area contributed by atoms with E-state index >= 15 is 0 Å². The maximum atomic E-state index is 12.1. The second-order valence-corrected chi connectivity index (χ2v) is 9.23. The molecule has 0 saturated carbocycles. The summed E-state index contributed by atoms with van der Waals surface area (Å²) in [4.78, 5) is 26.8. The van der Waals surface area contributed by atoms with E-state index in [1.54, 1.807) is 38.5 Å². The van der Waals surface area contributed by atoms with Gasteiger partial charge in [0, 0.05) is 48.3 Å². The second kappa shape index (κ2) is 11.3. The van der Waals surface area contributed by atoms with Gasteiger partial charge in [0.2, 0.25) is 5.95 Å². The maximum absolute atomic E-state index is 12.1. The summed E-state index contributed by atoms with van der Waals surface area (Å²) in [5.74, 6) is 1.71. The average molecular weight is 507 g/mol. The first kappa shape index (κ1) is 26.0. The van der Waals surface area contributed by atoms with E-state index in [0.717, 1.165) is 29.4 Å². The highest BCUT2D eigenvalue weighted by atomic mass is 16.5. The summed E-state index contributed by atoms with van der Waals surface area (Å²) < 4.78 is 10.7. The standard InChI is InChI=1S/C27H34N6O4/c1-18-15-32(16-19(2)31(18)3)22-8-6-21(7-9-22)29-26-28-13-12-25(30-26)33(27(34)35)17-20-14-23(36-4)10-11-24(20)37-5/h6-14,18-19H,15-17H2,1-5H3,(H,34,35)(H,28,29,30)/t18-,19+. The quantitative estimate of drug-likeness (QED) is 0.459. The van der Waals surface area contributed by atoms with Crippen molar-refractivity contribution in [1.82, 2.24) is 14.9 Å². The fourth-order valence-corrected chi connectivity index (χ4v) is 4.48. The van der Waals surface area contributed by atoms with Gasteiger partial charge in [-0.15, -0.1) is 0 Å². The number of rotatable bonds is 8. The van der Waals surface area contributed by atoms with Gasteiger partial charge in [0.15, 0.2) is 0 Å². The predicted octanol–water partition coefficient (Wildman–Crippen LogP) is 4.45. The molecule has 0 radical (unpaired) electrons. The van der Waals surface area contributed by atoms with Gasteiger partial charge in [-0.3, -0.25) is 9.80 Å². The van der Waals surface area contributed by atoms with Gasteiger partial charge in [-0.1, -0.05) is 0 Å². The van der Waals surface area contributed by atoms with Crippen molar-refractivity contribution >= 4 is 29.2 Å². The van der Waals surface area contributed by atoms with Crippen molar-refractivity contribution in [3.05, 3.63) is 60.3 Å². The summed E-state index contributed by atoms with van der Waals surface area (Å²) in [6, 6.07) is 15.9. The monoisotopic (exact) mass is 506 g/mol. The lowest BCUT2D eigenvalue weighted by molar-refractivity contribution is 0.170. The lowest BCUT2D eigenvalue weighted by Crippen LogP contribution is -2.55. The lowest BCUT2D eigenvalue weighted by atomic mass is 10.1. The molecule has 1 fully saturated rings. The van der Waals surface area contributed by atoms with Crippen molar-refractivity contribution in [2.24, 2.45) is 0 Å². The fraction of sp³-hybridized carbons (Fsp3) is 0.370. The highest BCUT2D eigenvalue weighted by molar-refractivity contribution is 5.85. The average Bonchev–Trinajstić information content (AvgIpc) is 2.90. The van der Waals surface area contributed by atoms with Gasteiger partial charge >= 0.3 is 6.09 Å². The molecular formula is C27H34N6O4. The first-order valence-electron chi connectivity index (χ1n) is 12.2. The Morgan fingerprint density at radius 2 is 1.78 bits per heavy atom. The van der Waals surface area contributed by atoms with Gasteiger partial charge in [0.05, 0.1) is 20.8 Å². The Balaban J connectivity index is 1.50. The van der Waals surface area contributed by atoms with E-state index in [-0.39, 0.29) is 12.4 Å². The number of benzene rings is 2. The molecule has 0 spiro atoms. The molecule has 196 valence electrons. The molecule has 1 aliphatic rings. The highest BCUT2D eigenvalue weighted by Crippen LogP contribution is 2.28. The van der Waals surface area contributed by atoms with Crippen LogP contribution in [0.2, 0.25) is 0 Å². The smallest absolute Gasteiger partial charge is 0.413 e. The van der Waals surface area contributed by atoms with Crippen LogP contribution in [0.25, 0.3) is 0 Å². The van der Waals surface area contributed by atoms with Crippen molar-refractivity contribution in [3.63, 3.8) is 0 Å². The third-order valence-electron chi connectivity index (χ3n) is 6.81. The second-order valence-electron chi connectivity index (χ2n) is 9.23. The van der Waals surface area contributed by atoms with E-state index in [9.17, 15) is 9.90 Å². The number of piperazine rings is 1. The molecule has 1 amide bonds. The molecule has 2 heterocycles. The molecule has 0 unspecified atom stereocenters. The first-order chi connectivity index (χ1) is 17.8. The van der Waals surface area contributed by atoms with E-state index in [1.807, 2.05) is 12.1 Å². The number of carboxylic acid groups (broad SMARTS) is 1. The molecule has 1 aromatic heterocycles. The van der Waals surface area contributed by atoms with Gasteiger partial charge in [-0.05, 0) is 69.4 Å². The fourth-order valence-electron chi connectivity index (χ4n) is 4.48. The van der Waals surface area contributed by atoms with Crippen molar-refractivity contribution in [3.8, 4) is 11.5 Å². The topological polar surface area (TPSA) is 103 Å². The van der Waals surface area contributed by atoms with Gasteiger partial charge in [0.25, 0.3) is 0 Å². The van der Waals surface area contributed by atoms with Crippen molar-refractivity contribution in [2.75, 3.05) is 49.5 Å². The molecule has 3 aromatic rings. The summed E-state index contributed by atoms with van der Waals surface area (Å²) in [5, 5.41) is 13.1. The zero-order chi connectivity index (χ0) is 26.5. The molecule has 1 saturated heterocycles. The highest BCUT2D eigenvalue weighted by Gasteiger charge is 2.26. The Bertz CT molecular complexity index is 1210. The Morgan fingerprint density at radius 3 is 2.41 bits per heavy atom. The van der Waals surface area contributed by atoms with Crippen LogP contribution in [0.3, 0.4) is 0 Å². The minimum Gasteiger partial charge on any atom is -0.497 e. The van der Waals surface area contributed by atoms with Crippen molar-refractivity contribution in [1.29, 1.82) is 0 Å². The van der Waals surface area contributed by atoms with Crippen molar-refractivity contribution in [2.45, 2.75) is 32.5 Å². The van der Waals surface area contributed by atoms with Gasteiger partial charge in [-0.25, -0.2) is 9.78 Å². The number of aromatic nitrogens is 2. The van der Waals surface area contributed by atoms with Crippen LogP contribution in [0.1, 0.15) is 19.4 Å². The summed E-state index contributed by atoms with van der Waals surface area (Å²) in [7, 11) is 5.27. The lowest BCUT2D eigenvalue weighted by Gasteiger charge is -2.43. The maximum Gasteiger partial charge on any atom is 0.413 e. The zero-order valence-corrected chi connectivity index (χ0v) is 21.9. The van der Waals surface area contributed by atoms with Crippen LogP contribution < -0.4 is 24.6 Å². The molecule has 4 rings (SSSR count). The van der Waals surface area contributed by atoms with Crippen LogP contribution in [0.15, 0.2) is 54.7 Å². The number of nitrogens with one attached hydrogen (secondary N) is 1. The summed E-state index contributed by atoms with van der Waals surface area (Å²) in [5.41, 5.74) is 2.63. The van der Waals surface area contributed by atoms with Crippen LogP contribution in [0.5, 0.6) is 11.5 Å². The molecule has 10 nitrogen and oxygen atoms in total. The predicted molar refractivity (Wildman–Crippen MR) is 144 cm³/mol. The van der Waals surface area contributed by atoms with Crippen molar-refractivity contribution < 1.29 is 19.4 Å². The number of ether oxygens (including phenoxy) is 2. The van der Waals surface area contributed by atoms with Gasteiger partial charge in [-0.2, -0.15) is 4.98 Å². The molecule has 1 aliphatic heterocycles. The van der Waals surface area contributed by atoms with Gasteiger partial charge < -0.3 is 24.8 Å². The van der Waals surface area contributed by atoms with E-state index in [1.165, 1.54) is 6.20 Å². The van der Waals surface area contributed by atoms with Crippen LogP contribution in [0.4, 0.5) is 27.9 Å². The number of hydrogen-bond donors (Lipinski definition) is 2. The summed E-state index contributed by atoms with van der Waals surface area (Å²) in [6.07, 6.45) is 0.389. The largest absolute Gasteiger partial charge is 0.497 e. The molecule has 37 heavy (non-hydrogen) atoms. The number of hydrogen-bond acceptors (Lipinski definition) is 8. The van der Waals surface area contributed by atoms with E-state index in [0.29, 0.717) is 35.1 Å². The summed E-state index contributed by atoms with van der Waals surface area (Å²) >= 11 is 0. The van der Waals surface area contributed by atoms with Crippen LogP contribution in [-0.4, -0.2) is 72.5 Å². The summed E-state index contributed by atoms with van der Waals surface area (Å²) in [6.45, 7) is 6.47. The third-order valence-corrected chi connectivity index (χ3v) is 6.81. The van der Waals surface area contributed by atoms with E-state index in [2.05, 4.69) is 58.1 Å². The molecule has 2 aromatic carbocycles. The molecule has 0 bridgehead atoms.